The van der Waals surface area contributed by atoms with Crippen molar-refractivity contribution in [2.75, 3.05) is 33.2 Å². The SMILES string of the molecule is CCN(CC1CCN(C(=NC)NCc2cccc(C(N)=O)c2)CC1)C(=O)OC(C)(C)C. The summed E-state index contributed by atoms with van der Waals surface area (Å²) >= 11 is 0. The molecule has 1 saturated heterocycles. The average molecular weight is 432 g/mol. The van der Waals surface area contributed by atoms with E-state index in [4.69, 9.17) is 10.5 Å². The lowest BCUT2D eigenvalue weighted by Crippen LogP contribution is -2.47. The molecule has 0 saturated carbocycles. The van der Waals surface area contributed by atoms with E-state index in [1.54, 1.807) is 24.1 Å². The Balaban J connectivity index is 1.85. The van der Waals surface area contributed by atoms with Gasteiger partial charge in [-0.2, -0.15) is 0 Å². The van der Waals surface area contributed by atoms with E-state index in [9.17, 15) is 9.59 Å². The number of carbonyl (C=O) groups is 2. The summed E-state index contributed by atoms with van der Waals surface area (Å²) in [7, 11) is 1.77. The van der Waals surface area contributed by atoms with Crippen LogP contribution in [0.5, 0.6) is 0 Å². The molecule has 1 fully saturated rings. The van der Waals surface area contributed by atoms with E-state index in [2.05, 4.69) is 15.2 Å². The number of benzene rings is 1. The van der Waals surface area contributed by atoms with E-state index in [0.29, 0.717) is 31.1 Å². The van der Waals surface area contributed by atoms with Gasteiger partial charge in [-0.05, 0) is 64.2 Å². The average Bonchev–Trinajstić information content (AvgIpc) is 2.72. The van der Waals surface area contributed by atoms with Gasteiger partial charge in [0.1, 0.15) is 5.60 Å². The molecule has 0 bridgehead atoms. The Morgan fingerprint density at radius 3 is 2.52 bits per heavy atom. The molecule has 8 heteroatoms. The summed E-state index contributed by atoms with van der Waals surface area (Å²) in [6.45, 7) is 11.3. The first-order valence-electron chi connectivity index (χ1n) is 10.9. The zero-order chi connectivity index (χ0) is 23.0. The quantitative estimate of drug-likeness (QED) is 0.533. The van der Waals surface area contributed by atoms with Crippen molar-refractivity contribution < 1.29 is 14.3 Å². The molecule has 31 heavy (non-hydrogen) atoms. The number of guanidine groups is 1. The molecule has 0 spiro atoms. The van der Waals surface area contributed by atoms with Gasteiger partial charge in [0, 0.05) is 45.3 Å². The third-order valence-corrected chi connectivity index (χ3v) is 5.30. The van der Waals surface area contributed by atoms with Gasteiger partial charge in [0.25, 0.3) is 0 Å². The van der Waals surface area contributed by atoms with Crippen molar-refractivity contribution in [1.82, 2.24) is 15.1 Å². The van der Waals surface area contributed by atoms with Crippen molar-refractivity contribution in [2.45, 2.75) is 52.7 Å². The lowest BCUT2D eigenvalue weighted by atomic mass is 9.96. The van der Waals surface area contributed by atoms with Gasteiger partial charge in [0.15, 0.2) is 5.96 Å². The highest BCUT2D eigenvalue weighted by molar-refractivity contribution is 5.92. The smallest absolute Gasteiger partial charge is 0.410 e. The molecule has 2 amide bonds. The molecular weight excluding hydrogens is 394 g/mol. The zero-order valence-electron chi connectivity index (χ0n) is 19.5. The number of rotatable bonds is 6. The molecule has 0 aliphatic carbocycles. The molecule has 1 aromatic rings. The third-order valence-electron chi connectivity index (χ3n) is 5.30. The van der Waals surface area contributed by atoms with Crippen molar-refractivity contribution >= 4 is 18.0 Å². The van der Waals surface area contributed by atoms with Gasteiger partial charge in [0.2, 0.25) is 5.91 Å². The van der Waals surface area contributed by atoms with Gasteiger partial charge in [-0.25, -0.2) is 4.79 Å². The van der Waals surface area contributed by atoms with Crippen molar-refractivity contribution in [2.24, 2.45) is 16.6 Å². The maximum Gasteiger partial charge on any atom is 0.410 e. The van der Waals surface area contributed by atoms with Crippen LogP contribution >= 0.6 is 0 Å². The van der Waals surface area contributed by atoms with Crippen LogP contribution in [0.1, 0.15) is 56.5 Å². The summed E-state index contributed by atoms with van der Waals surface area (Å²) in [5.74, 6) is 0.845. The number of nitrogens with one attached hydrogen (secondary N) is 1. The lowest BCUT2D eigenvalue weighted by Gasteiger charge is -2.36. The Labute approximate surface area is 185 Å². The van der Waals surface area contributed by atoms with Gasteiger partial charge in [-0.15, -0.1) is 0 Å². The van der Waals surface area contributed by atoms with Gasteiger partial charge < -0.3 is 25.6 Å². The van der Waals surface area contributed by atoms with E-state index in [1.807, 2.05) is 39.8 Å². The summed E-state index contributed by atoms with van der Waals surface area (Å²) in [6.07, 6.45) is 1.72. The van der Waals surface area contributed by atoms with Crippen LogP contribution in [0.15, 0.2) is 29.3 Å². The minimum Gasteiger partial charge on any atom is -0.444 e. The molecule has 1 aromatic carbocycles. The van der Waals surface area contributed by atoms with E-state index < -0.39 is 11.5 Å². The molecule has 1 heterocycles. The van der Waals surface area contributed by atoms with Crippen LogP contribution in [0.3, 0.4) is 0 Å². The highest BCUT2D eigenvalue weighted by Gasteiger charge is 2.27. The Kier molecular flexibility index (Phi) is 8.71. The topological polar surface area (TPSA) is 100 Å². The number of nitrogens with zero attached hydrogens (tertiary/aromatic N) is 3. The Bertz CT molecular complexity index is 780. The van der Waals surface area contributed by atoms with Crippen molar-refractivity contribution in [3.05, 3.63) is 35.4 Å². The van der Waals surface area contributed by atoms with Crippen molar-refractivity contribution in [3.8, 4) is 0 Å². The Hall–Kier alpha value is -2.77. The predicted octanol–water partition coefficient (Wildman–Crippen LogP) is 2.83. The molecule has 1 aliphatic heterocycles. The summed E-state index contributed by atoms with van der Waals surface area (Å²) in [5, 5.41) is 3.37. The molecule has 3 N–H and O–H groups in total. The number of hydrogen-bond acceptors (Lipinski definition) is 4. The zero-order valence-corrected chi connectivity index (χ0v) is 19.5. The summed E-state index contributed by atoms with van der Waals surface area (Å²) in [6, 6.07) is 7.29. The number of amides is 2. The normalized spacial score (nSPS) is 15.5. The first kappa shape index (κ1) is 24.5. The van der Waals surface area contributed by atoms with Gasteiger partial charge in [-0.3, -0.25) is 9.79 Å². The Morgan fingerprint density at radius 1 is 1.29 bits per heavy atom. The minimum atomic E-state index is -0.483. The molecule has 0 aromatic heterocycles. The van der Waals surface area contributed by atoms with E-state index >= 15 is 0 Å². The maximum atomic E-state index is 12.4. The number of aliphatic imine (C=N–C) groups is 1. The predicted molar refractivity (Wildman–Crippen MR) is 123 cm³/mol. The molecular formula is C23H37N5O3. The highest BCUT2D eigenvalue weighted by Crippen LogP contribution is 2.20. The second-order valence-electron chi connectivity index (χ2n) is 8.91. The number of nitrogens with two attached hydrogens (primary N) is 1. The lowest BCUT2D eigenvalue weighted by molar-refractivity contribution is 0.0214. The summed E-state index contributed by atoms with van der Waals surface area (Å²) in [4.78, 5) is 32.2. The number of primary amides is 1. The highest BCUT2D eigenvalue weighted by atomic mass is 16.6. The van der Waals surface area contributed by atoms with Gasteiger partial charge >= 0.3 is 6.09 Å². The molecule has 0 radical (unpaired) electrons. The fourth-order valence-corrected chi connectivity index (χ4v) is 3.65. The first-order valence-corrected chi connectivity index (χ1v) is 10.9. The molecule has 2 rings (SSSR count). The standard InChI is InChI=1S/C23H37N5O3/c1-6-27(22(30)31-23(2,3)4)16-17-10-12-28(13-11-17)21(25-5)26-15-18-8-7-9-19(14-18)20(24)29/h7-9,14,17H,6,10-13,15-16H2,1-5H3,(H2,24,29)(H,25,26). The largest absolute Gasteiger partial charge is 0.444 e. The van der Waals surface area contributed by atoms with E-state index in [-0.39, 0.29) is 6.09 Å². The summed E-state index contributed by atoms with van der Waals surface area (Å²) < 4.78 is 5.52. The minimum absolute atomic E-state index is 0.243. The van der Waals surface area contributed by atoms with E-state index in [0.717, 1.165) is 37.5 Å². The van der Waals surface area contributed by atoms with Crippen LogP contribution in [-0.2, 0) is 11.3 Å². The molecule has 0 atom stereocenters. The van der Waals surface area contributed by atoms with Crippen LogP contribution in [0.2, 0.25) is 0 Å². The van der Waals surface area contributed by atoms with Crippen molar-refractivity contribution in [3.63, 3.8) is 0 Å². The van der Waals surface area contributed by atoms with Crippen LogP contribution in [0.4, 0.5) is 4.79 Å². The number of likely N-dealkylation sites (tertiary alicyclic amines) is 1. The number of carbonyl (C=O) groups excluding carboxylic acids is 2. The van der Waals surface area contributed by atoms with Crippen LogP contribution in [0.25, 0.3) is 0 Å². The second-order valence-corrected chi connectivity index (χ2v) is 8.91. The first-order chi connectivity index (χ1) is 14.6. The third kappa shape index (κ3) is 7.77. The number of hydrogen-bond donors (Lipinski definition) is 2. The molecule has 8 nitrogen and oxygen atoms in total. The van der Waals surface area contributed by atoms with Gasteiger partial charge in [0.05, 0.1) is 0 Å². The van der Waals surface area contributed by atoms with Crippen LogP contribution in [0, 0.1) is 5.92 Å². The van der Waals surface area contributed by atoms with Crippen LogP contribution in [-0.4, -0.2) is 66.6 Å². The van der Waals surface area contributed by atoms with Crippen LogP contribution < -0.4 is 11.1 Å². The number of piperidine rings is 1. The maximum absolute atomic E-state index is 12.4. The molecule has 172 valence electrons. The fourth-order valence-electron chi connectivity index (χ4n) is 3.65. The molecule has 0 unspecified atom stereocenters. The number of ether oxygens (including phenoxy) is 1. The fraction of sp³-hybridized carbons (Fsp3) is 0.609. The Morgan fingerprint density at radius 2 is 1.97 bits per heavy atom. The molecule has 1 aliphatic rings. The monoisotopic (exact) mass is 431 g/mol. The van der Waals surface area contributed by atoms with Crippen molar-refractivity contribution in [1.29, 1.82) is 0 Å². The second kappa shape index (κ2) is 11.0. The van der Waals surface area contributed by atoms with E-state index in [1.165, 1.54) is 0 Å². The van der Waals surface area contributed by atoms with Gasteiger partial charge in [-0.1, -0.05) is 12.1 Å². The summed E-state index contributed by atoms with van der Waals surface area (Å²) in [5.41, 5.74) is 6.36.